The second-order valence-electron chi connectivity index (χ2n) is 6.87. The van der Waals surface area contributed by atoms with E-state index in [9.17, 15) is 0 Å². The molecule has 103 heavy (non-hydrogen) atoms. The summed E-state index contributed by atoms with van der Waals surface area (Å²) < 4.78 is 0. The molecule has 0 spiro atoms. The van der Waals surface area contributed by atoms with Gasteiger partial charge in [-0.1, -0.05) is 0 Å². The van der Waals surface area contributed by atoms with Gasteiger partial charge in [0.25, 0.3) is 0 Å². The average Bonchev–Trinajstić information content (AvgIpc) is 3.71. The largest absolute Gasteiger partial charge is 0 e. The molecule has 0 aliphatic heterocycles. The summed E-state index contributed by atoms with van der Waals surface area (Å²) in [5.74, 6) is 0. The minimum absolute atomic E-state index is 1.37. The molecular formula is S103. The first-order valence-electron chi connectivity index (χ1n) is 17.0. The summed E-state index contributed by atoms with van der Waals surface area (Å²) in [6.45, 7) is 0. The van der Waals surface area contributed by atoms with E-state index < -0.39 is 0 Å². The molecule has 0 aromatic heterocycles. The molecule has 0 aliphatic rings. The first-order valence-corrected chi connectivity index (χ1v) is 153. The van der Waals surface area contributed by atoms with Gasteiger partial charge in [-0.3, -0.25) is 0 Å². The Bertz CT molecular complexity index is 7770. The smallest absolute Gasteiger partial charge is 0 e. The molecule has 0 unspecified atom stereocenters. The van der Waals surface area contributed by atoms with Crippen molar-refractivity contribution in [2.75, 3.05) is 0 Å². The summed E-state index contributed by atoms with van der Waals surface area (Å²) in [5, 5.41) is 0. The van der Waals surface area contributed by atoms with Crippen LogP contribution in [0.3, 0.4) is 0 Å². The first-order chi connectivity index (χ1) is 51.4. The van der Waals surface area contributed by atoms with Crippen LogP contribution in [0.15, 0.2) is 0 Å². The van der Waals surface area contributed by atoms with Crippen molar-refractivity contribution in [3.8, 4) is 0 Å². The van der Waals surface area contributed by atoms with E-state index in [1.54, 1.807) is 107 Å². The second kappa shape index (κ2) is 125. The zero-order valence-electron chi connectivity index (χ0n) is 42.0. The second-order valence-corrected chi connectivity index (χ2v) is 186. The van der Waals surface area contributed by atoms with E-state index in [-0.39, 0.29) is 0 Å². The highest BCUT2D eigenvalue weighted by Crippen LogP contribution is 1.51. The van der Waals surface area contributed by atoms with Gasteiger partial charge in [0.2, 0.25) is 0 Å². The van der Waals surface area contributed by atoms with Crippen molar-refractivity contribution in [2.45, 2.75) is 0 Å². The molecule has 0 radical (unpaired) electrons. The van der Waals surface area contributed by atoms with Gasteiger partial charge >= 0.3 is 0 Å². The van der Waals surface area contributed by atoms with Crippen LogP contribution in [0, 0.1) is 0 Å². The topological polar surface area (TPSA) is 0 Å². The van der Waals surface area contributed by atoms with Crippen LogP contribution in [-0.2, 0) is 919 Å². The third kappa shape index (κ3) is 125. The van der Waals surface area contributed by atoms with Crippen molar-refractivity contribution >= 4 is 919 Å². The van der Waals surface area contributed by atoms with Crippen molar-refractivity contribution in [1.29, 1.82) is 0 Å². The first kappa shape index (κ1) is 126. The van der Waals surface area contributed by atoms with Crippen LogP contribution in [0.2, 0.25) is 0 Å². The van der Waals surface area contributed by atoms with Crippen LogP contribution >= 0.6 is 0 Å². The number of hydrogen-bond acceptors (Lipinski definition) is 2. The maximum absolute atomic E-state index is 4.83. The van der Waals surface area contributed by atoms with Crippen molar-refractivity contribution < 1.29 is 0 Å². The maximum atomic E-state index is 4.83. The normalized spacial score (nSPS) is 7.88. The van der Waals surface area contributed by atoms with Crippen molar-refractivity contribution in [1.82, 2.24) is 0 Å². The van der Waals surface area contributed by atoms with Gasteiger partial charge < -0.3 is 0 Å². The van der Waals surface area contributed by atoms with Crippen LogP contribution in [0.1, 0.15) is 0 Å². The molecule has 0 rings (SSSR count). The van der Waals surface area contributed by atoms with Gasteiger partial charge in [0, 0.05) is 919 Å². The predicted molar refractivity (Wildman–Crippen MR) is 759 cm³/mol. The van der Waals surface area contributed by atoms with Gasteiger partial charge in [0.15, 0.2) is 0 Å². The Morgan fingerprint density at radius 2 is 0.0777 bits per heavy atom. The van der Waals surface area contributed by atoms with Gasteiger partial charge in [-0.05, 0) is 0 Å². The van der Waals surface area contributed by atoms with E-state index in [1.165, 1.54) is 17.8 Å². The molecule has 0 nitrogen and oxygen atoms in total. The highest BCUT2D eigenvalue weighted by atomic mass is 33.6. The van der Waals surface area contributed by atoms with Gasteiger partial charge in [-0.15, -0.1) is 0 Å². The lowest BCUT2D eigenvalue weighted by Gasteiger charge is -1.41. The fourth-order valence-electron chi connectivity index (χ4n) is 1.12. The molecule has 103 heteroatoms. The third-order valence-electron chi connectivity index (χ3n) is 2.78. The Kier molecular flexibility index (Phi) is 152. The molecule has 0 heterocycles. The van der Waals surface area contributed by atoms with E-state index >= 15 is 0 Å². The summed E-state index contributed by atoms with van der Waals surface area (Å²) in [4.78, 5) is 0. The van der Waals surface area contributed by atoms with Crippen molar-refractivity contribution in [3.63, 3.8) is 0 Å². The lowest BCUT2D eigenvalue weighted by Crippen LogP contribution is -1.41. The Labute approximate surface area is 889 Å². The molecule has 0 saturated heterocycles. The highest BCUT2D eigenvalue weighted by molar-refractivity contribution is 8.87. The molecule has 0 bridgehead atoms. The van der Waals surface area contributed by atoms with E-state index in [4.69, 9.17) is 22.4 Å². The summed E-state index contributed by atoms with van der Waals surface area (Å²) in [7, 11) is 183. The SMILES string of the molecule is S=S=S=S=S=S=S=S=S=S=S=S=S=S=S=S=S=S=S=S=S=S=S=S=S=S=S=S=S=S=S=S=S=S=S=S=S=S=S=S=S=S=S=S=S=S=S=S=S=S=S=S=S=S=S=S=S=S=S=S=S=S=S=S=S=S=S=S=S=S=S=S=S=S=S=S=S=S=S=S=S=S=S=S=S=S=S=S=S=S=S=S=S=S=S=S=S=S=S=S=S=S=S. The lowest BCUT2D eigenvalue weighted by atomic mass is 30.7. The minimum atomic E-state index is 1.37. The van der Waals surface area contributed by atoms with Crippen LogP contribution in [0.5, 0.6) is 0 Å². The van der Waals surface area contributed by atoms with Crippen LogP contribution < -0.4 is 0 Å². The molecule has 0 amide bonds. The van der Waals surface area contributed by atoms with E-state index in [0.717, 1.165) is 0 Å². The zero-order chi connectivity index (χ0) is 73.4. The summed E-state index contributed by atoms with van der Waals surface area (Å²) in [6.07, 6.45) is 0. The monoisotopic (exact) mass is 3290 g/mol. The summed E-state index contributed by atoms with van der Waals surface area (Å²) in [5.41, 5.74) is 0. The minimum Gasteiger partial charge on any atom is 0 e. The Balaban J connectivity index is 6.18. The molecule has 0 atom stereocenters. The predicted octanol–water partition coefficient (Wildman–Crippen LogP) is -0.247. The quantitative estimate of drug-likeness (QED) is 0.329. The van der Waals surface area contributed by atoms with Crippen LogP contribution in [0.4, 0.5) is 0 Å². The highest BCUT2D eigenvalue weighted by Gasteiger charge is 1.51. The van der Waals surface area contributed by atoms with E-state index in [0.29, 0.717) is 0 Å². The average molecular weight is 3300 g/mol. The van der Waals surface area contributed by atoms with Crippen molar-refractivity contribution in [3.05, 3.63) is 0 Å². The Morgan fingerprint density at radius 3 is 0.107 bits per heavy atom. The van der Waals surface area contributed by atoms with Crippen LogP contribution in [0.25, 0.3) is 0 Å². The standard InChI is InChI=1S/S103/c1-3-5-7-9-11-13-15-17-19-21-23-25-27-29-31-33-35-37-39-41-43-45-47-49-51-53-55-57-59-61-63-65-67-69-71-73-75-77-79-81-83-85-87-89-91-93-95-97-99-101-103-102-100-98-96-94-92-90-88-86-84-82-80-78-76-74-72-70-68-66-64-62-60-58-56-54-52-50-48-46-44-42-40-38-36-34-32-30-28-26-24-22-20-18-16-14-12-10-8-6-4-2. The number of hydrogen-bond donors (Lipinski definition) is 0. The molecule has 618 valence electrons. The Morgan fingerprint density at radius 1 is 0.0485 bits per heavy atom. The molecular weight excluding hydrogens is 3300 g/mol. The molecule has 0 saturated carbocycles. The fraction of sp³-hybridized carbons (Fsp3) is 0. The van der Waals surface area contributed by atoms with Gasteiger partial charge in [0.05, 0.1) is 0 Å². The number of rotatable bonds is 0. The molecule has 0 aliphatic carbocycles. The van der Waals surface area contributed by atoms with Gasteiger partial charge in [-0.25, -0.2) is 0 Å². The zero-order valence-corrected chi connectivity index (χ0v) is 126. The van der Waals surface area contributed by atoms with Gasteiger partial charge in [0.1, 0.15) is 0 Å². The third-order valence-corrected chi connectivity index (χ3v) is 225. The van der Waals surface area contributed by atoms with Gasteiger partial charge in [-0.2, -0.15) is 0 Å². The summed E-state index contributed by atoms with van der Waals surface area (Å²) in [6, 6.07) is 0. The van der Waals surface area contributed by atoms with Crippen molar-refractivity contribution in [2.24, 2.45) is 0 Å². The maximum Gasteiger partial charge on any atom is 0 e. The molecule has 0 N–H and O–H groups in total. The fourth-order valence-corrected chi connectivity index (χ4v) is 273. The molecule has 0 aromatic rings. The molecule has 0 fully saturated rings. The van der Waals surface area contributed by atoms with E-state index in [1.807, 2.05) is 773 Å². The van der Waals surface area contributed by atoms with Crippen LogP contribution in [-0.4, -0.2) is 0 Å². The lowest BCUT2D eigenvalue weighted by molar-refractivity contribution is 5.95. The van der Waals surface area contributed by atoms with E-state index in [2.05, 4.69) is 0 Å². The molecule has 0 aromatic carbocycles. The summed E-state index contributed by atoms with van der Waals surface area (Å²) >= 11 is 9.66. The Hall–Kier alpha value is 22.7.